The van der Waals surface area contributed by atoms with E-state index in [4.69, 9.17) is 34.8 Å². The molecule has 1 aromatic heterocycles. The van der Waals surface area contributed by atoms with E-state index in [0.29, 0.717) is 21.7 Å². The van der Waals surface area contributed by atoms with Crippen molar-refractivity contribution in [1.29, 1.82) is 0 Å². The maximum absolute atomic E-state index is 6.18. The first-order valence-corrected chi connectivity index (χ1v) is 6.90. The van der Waals surface area contributed by atoms with Crippen molar-refractivity contribution in [2.24, 2.45) is 0 Å². The molecular formula is C12H12Cl3N3. The summed E-state index contributed by atoms with van der Waals surface area (Å²) in [6.45, 7) is 2.88. The van der Waals surface area contributed by atoms with E-state index in [9.17, 15) is 0 Å². The van der Waals surface area contributed by atoms with Crippen molar-refractivity contribution >= 4 is 34.8 Å². The Balaban J connectivity index is 2.56. The van der Waals surface area contributed by atoms with Crippen molar-refractivity contribution in [3.63, 3.8) is 0 Å². The quantitative estimate of drug-likeness (QED) is 0.784. The molecule has 1 heterocycles. The highest BCUT2D eigenvalue weighted by Gasteiger charge is 2.15. The molecule has 0 bridgehead atoms. The Bertz CT molecular complexity index is 551. The van der Waals surface area contributed by atoms with E-state index in [2.05, 4.69) is 17.1 Å². The molecule has 96 valence electrons. The molecule has 0 aliphatic carbocycles. The zero-order chi connectivity index (χ0) is 13.1. The minimum atomic E-state index is 0.325. The van der Waals surface area contributed by atoms with Gasteiger partial charge in [-0.15, -0.1) is 21.8 Å². The average Bonchev–Trinajstić information content (AvgIpc) is 2.76. The zero-order valence-corrected chi connectivity index (χ0v) is 12.1. The van der Waals surface area contributed by atoms with E-state index in [0.717, 1.165) is 24.4 Å². The predicted octanol–water partition coefficient (Wildman–Crippen LogP) is 4.40. The number of nitrogens with zero attached hydrogens (tertiary/aromatic N) is 3. The fraction of sp³-hybridized carbons (Fsp3) is 0.333. The van der Waals surface area contributed by atoms with Crippen LogP contribution in [0.4, 0.5) is 0 Å². The van der Waals surface area contributed by atoms with Gasteiger partial charge in [-0.1, -0.05) is 30.1 Å². The molecule has 0 aliphatic rings. The van der Waals surface area contributed by atoms with Gasteiger partial charge in [0.25, 0.3) is 0 Å². The molecule has 0 unspecified atom stereocenters. The number of aromatic nitrogens is 3. The molecule has 0 saturated heterocycles. The first-order valence-electron chi connectivity index (χ1n) is 5.60. The van der Waals surface area contributed by atoms with Crippen molar-refractivity contribution in [3.8, 4) is 11.4 Å². The molecule has 2 rings (SSSR count). The van der Waals surface area contributed by atoms with Crippen molar-refractivity contribution in [1.82, 2.24) is 14.8 Å². The number of halogens is 3. The van der Waals surface area contributed by atoms with Crippen LogP contribution in [0.5, 0.6) is 0 Å². The Labute approximate surface area is 121 Å². The summed E-state index contributed by atoms with van der Waals surface area (Å²) in [6.07, 6.45) is 0.965. The third-order valence-corrected chi connectivity index (χ3v) is 3.37. The van der Waals surface area contributed by atoms with Gasteiger partial charge in [-0.05, 0) is 24.6 Å². The largest absolute Gasteiger partial charge is 0.310 e. The fourth-order valence-corrected chi connectivity index (χ4v) is 2.33. The average molecular weight is 305 g/mol. The van der Waals surface area contributed by atoms with Crippen LogP contribution in [0.1, 0.15) is 19.2 Å². The lowest BCUT2D eigenvalue weighted by molar-refractivity contribution is 0.659. The lowest BCUT2D eigenvalue weighted by Crippen LogP contribution is -2.04. The monoisotopic (exact) mass is 303 g/mol. The summed E-state index contributed by atoms with van der Waals surface area (Å²) >= 11 is 18.0. The highest BCUT2D eigenvalue weighted by Crippen LogP contribution is 2.30. The van der Waals surface area contributed by atoms with Gasteiger partial charge in [0, 0.05) is 17.1 Å². The van der Waals surface area contributed by atoms with E-state index in [1.807, 2.05) is 4.57 Å². The molecule has 2 aromatic rings. The van der Waals surface area contributed by atoms with Gasteiger partial charge in [0.15, 0.2) is 5.82 Å². The maximum atomic E-state index is 6.18. The topological polar surface area (TPSA) is 30.7 Å². The normalized spacial score (nSPS) is 10.9. The minimum absolute atomic E-state index is 0.325. The minimum Gasteiger partial charge on any atom is -0.310 e. The first-order chi connectivity index (χ1) is 8.67. The number of hydrogen-bond acceptors (Lipinski definition) is 2. The first kappa shape index (κ1) is 13.7. The molecule has 0 radical (unpaired) electrons. The Morgan fingerprint density at radius 2 is 2.00 bits per heavy atom. The van der Waals surface area contributed by atoms with Crippen LogP contribution in [0.3, 0.4) is 0 Å². The van der Waals surface area contributed by atoms with Gasteiger partial charge in [-0.25, -0.2) is 0 Å². The van der Waals surface area contributed by atoms with Gasteiger partial charge in [-0.2, -0.15) is 0 Å². The van der Waals surface area contributed by atoms with Gasteiger partial charge in [0.05, 0.1) is 10.9 Å². The highest BCUT2D eigenvalue weighted by atomic mass is 35.5. The highest BCUT2D eigenvalue weighted by molar-refractivity contribution is 6.35. The van der Waals surface area contributed by atoms with Crippen LogP contribution < -0.4 is 0 Å². The molecular weight excluding hydrogens is 293 g/mol. The molecule has 0 amide bonds. The smallest absolute Gasteiger partial charge is 0.165 e. The molecule has 0 spiro atoms. The predicted molar refractivity (Wildman–Crippen MR) is 75.3 cm³/mol. The van der Waals surface area contributed by atoms with Crippen LogP contribution in [-0.2, 0) is 12.4 Å². The van der Waals surface area contributed by atoms with Crippen LogP contribution in [0, 0.1) is 0 Å². The number of rotatable bonds is 4. The summed E-state index contributed by atoms with van der Waals surface area (Å²) < 4.78 is 1.98. The fourth-order valence-electron chi connectivity index (χ4n) is 1.76. The van der Waals surface area contributed by atoms with Crippen LogP contribution in [-0.4, -0.2) is 14.8 Å². The van der Waals surface area contributed by atoms with Crippen LogP contribution in [0.15, 0.2) is 18.2 Å². The van der Waals surface area contributed by atoms with E-state index in [1.54, 1.807) is 18.2 Å². The summed E-state index contributed by atoms with van der Waals surface area (Å²) in [5.74, 6) is 1.77. The molecule has 0 saturated carbocycles. The van der Waals surface area contributed by atoms with Gasteiger partial charge in [-0.3, -0.25) is 0 Å². The van der Waals surface area contributed by atoms with Gasteiger partial charge in [0.1, 0.15) is 5.82 Å². The van der Waals surface area contributed by atoms with Gasteiger partial charge in [0.2, 0.25) is 0 Å². The summed E-state index contributed by atoms with van der Waals surface area (Å²) in [6, 6.07) is 5.29. The van der Waals surface area contributed by atoms with Crippen LogP contribution >= 0.6 is 34.8 Å². The number of benzene rings is 1. The molecule has 3 nitrogen and oxygen atoms in total. The van der Waals surface area contributed by atoms with Crippen LogP contribution in [0.25, 0.3) is 11.4 Å². The Kier molecular flexibility index (Phi) is 4.49. The van der Waals surface area contributed by atoms with E-state index in [-0.39, 0.29) is 0 Å². The second kappa shape index (κ2) is 5.91. The standard InChI is InChI=1S/C12H12Cl3N3/c1-2-5-18-11(7-13)16-17-12(18)9-6-8(14)3-4-10(9)15/h3-4,6H,2,5,7H2,1H3. The molecule has 1 aromatic carbocycles. The maximum Gasteiger partial charge on any atom is 0.165 e. The van der Waals surface area contributed by atoms with Crippen molar-refractivity contribution in [3.05, 3.63) is 34.1 Å². The van der Waals surface area contributed by atoms with Crippen molar-refractivity contribution in [2.45, 2.75) is 25.8 Å². The second-order valence-electron chi connectivity index (χ2n) is 3.85. The second-order valence-corrected chi connectivity index (χ2v) is 4.96. The Morgan fingerprint density at radius 1 is 1.22 bits per heavy atom. The molecule has 0 aliphatic heterocycles. The number of alkyl halides is 1. The van der Waals surface area contributed by atoms with Gasteiger partial charge < -0.3 is 4.57 Å². The Morgan fingerprint density at radius 3 is 2.67 bits per heavy atom. The van der Waals surface area contributed by atoms with Gasteiger partial charge >= 0.3 is 0 Å². The SMILES string of the molecule is CCCn1c(CCl)nnc1-c1cc(Cl)ccc1Cl. The zero-order valence-electron chi connectivity index (χ0n) is 9.83. The van der Waals surface area contributed by atoms with E-state index in [1.165, 1.54) is 0 Å². The third-order valence-electron chi connectivity index (χ3n) is 2.56. The summed E-state index contributed by atoms with van der Waals surface area (Å²) in [4.78, 5) is 0. The molecule has 0 fully saturated rings. The van der Waals surface area contributed by atoms with Crippen molar-refractivity contribution in [2.75, 3.05) is 0 Å². The van der Waals surface area contributed by atoms with Crippen molar-refractivity contribution < 1.29 is 0 Å². The molecule has 0 atom stereocenters. The number of hydrogen-bond donors (Lipinski definition) is 0. The Hall–Kier alpha value is -0.770. The third kappa shape index (κ3) is 2.63. The molecule has 18 heavy (non-hydrogen) atoms. The summed E-state index contributed by atoms with van der Waals surface area (Å²) in [7, 11) is 0. The lowest BCUT2D eigenvalue weighted by atomic mass is 10.2. The van der Waals surface area contributed by atoms with E-state index < -0.39 is 0 Å². The summed E-state index contributed by atoms with van der Waals surface area (Å²) in [5.41, 5.74) is 0.779. The van der Waals surface area contributed by atoms with Crippen LogP contribution in [0.2, 0.25) is 10.0 Å². The molecule has 0 N–H and O–H groups in total. The molecule has 6 heteroatoms. The van der Waals surface area contributed by atoms with E-state index >= 15 is 0 Å². The summed E-state index contributed by atoms with van der Waals surface area (Å²) in [5, 5.41) is 9.46. The lowest BCUT2D eigenvalue weighted by Gasteiger charge is -2.09.